The number of benzene rings is 3. The smallest absolute Gasteiger partial charge is 0.269 e. The van der Waals surface area contributed by atoms with Crippen molar-refractivity contribution in [2.24, 2.45) is 11.0 Å². The summed E-state index contributed by atoms with van der Waals surface area (Å²) in [5.74, 6) is -2.17. The van der Waals surface area contributed by atoms with Gasteiger partial charge in [-0.2, -0.15) is 5.10 Å². The zero-order chi connectivity index (χ0) is 26.8. The number of amides is 2. The lowest BCUT2D eigenvalue weighted by Gasteiger charge is -2.13. The van der Waals surface area contributed by atoms with E-state index in [1.54, 1.807) is 36.4 Å². The fourth-order valence-corrected chi connectivity index (χ4v) is 3.06. The van der Waals surface area contributed by atoms with Crippen LogP contribution in [0.15, 0.2) is 71.8 Å². The maximum absolute atomic E-state index is 13.7. The molecule has 37 heavy (non-hydrogen) atoms. The van der Waals surface area contributed by atoms with Gasteiger partial charge in [-0.05, 0) is 67.4 Å². The van der Waals surface area contributed by atoms with Gasteiger partial charge in [0.1, 0.15) is 18.3 Å². The molecule has 10 nitrogen and oxygen atoms in total. The van der Waals surface area contributed by atoms with Crippen LogP contribution in [0.4, 0.5) is 15.8 Å². The van der Waals surface area contributed by atoms with Gasteiger partial charge in [0.2, 0.25) is 5.91 Å². The van der Waals surface area contributed by atoms with Gasteiger partial charge in [0.25, 0.3) is 11.6 Å². The highest BCUT2D eigenvalue weighted by Gasteiger charge is 2.22. The maximum Gasteiger partial charge on any atom is 0.269 e. The molecule has 0 heterocycles. The third-order valence-electron chi connectivity index (χ3n) is 5.12. The first-order valence-electron chi connectivity index (χ1n) is 11.3. The molecule has 3 rings (SSSR count). The summed E-state index contributed by atoms with van der Waals surface area (Å²) in [5.41, 5.74) is 3.61. The zero-order valence-electron chi connectivity index (χ0n) is 20.1. The third-order valence-corrected chi connectivity index (χ3v) is 5.12. The Morgan fingerprint density at radius 1 is 1.05 bits per heavy atom. The molecule has 0 saturated heterocycles. The van der Waals surface area contributed by atoms with E-state index in [1.165, 1.54) is 43.5 Å². The maximum atomic E-state index is 13.7. The van der Waals surface area contributed by atoms with Gasteiger partial charge in [-0.15, -0.1) is 0 Å². The Labute approximate surface area is 212 Å². The molecule has 0 aliphatic heterocycles. The summed E-state index contributed by atoms with van der Waals surface area (Å²) in [4.78, 5) is 34.9. The Hall–Kier alpha value is -4.80. The second kappa shape index (κ2) is 12.8. The summed E-state index contributed by atoms with van der Waals surface area (Å²) in [7, 11) is 0. The molecule has 0 aromatic heterocycles. The van der Waals surface area contributed by atoms with Gasteiger partial charge in [-0.25, -0.2) is 9.82 Å². The first-order chi connectivity index (χ1) is 17.8. The van der Waals surface area contributed by atoms with Crippen LogP contribution in [-0.4, -0.2) is 29.6 Å². The quantitative estimate of drug-likeness (QED) is 0.170. The number of anilines is 1. The number of nitro groups is 1. The molecule has 2 N–H and O–H groups in total. The fourth-order valence-electron chi connectivity index (χ4n) is 3.06. The number of nitrogens with one attached hydrogen (secondary N) is 2. The van der Waals surface area contributed by atoms with Crippen LogP contribution in [0.3, 0.4) is 0 Å². The number of rotatable bonds is 11. The third kappa shape index (κ3) is 7.59. The minimum Gasteiger partial charge on any atom is -0.490 e. The minimum atomic E-state index is -1.12. The second-order valence-corrected chi connectivity index (χ2v) is 7.78. The van der Waals surface area contributed by atoms with Gasteiger partial charge in [0.05, 0.1) is 23.4 Å². The molecular formula is C26H25FN4O6. The second-order valence-electron chi connectivity index (χ2n) is 7.78. The molecule has 0 radical (unpaired) electrons. The van der Waals surface area contributed by atoms with Crippen LogP contribution < -0.4 is 20.2 Å². The lowest BCUT2D eigenvalue weighted by molar-refractivity contribution is -0.384. The number of hydrogen-bond acceptors (Lipinski definition) is 7. The van der Waals surface area contributed by atoms with Gasteiger partial charge in [0.15, 0.2) is 11.5 Å². The number of para-hydroxylation sites is 1. The Morgan fingerprint density at radius 3 is 2.46 bits per heavy atom. The Morgan fingerprint density at radius 2 is 1.78 bits per heavy atom. The van der Waals surface area contributed by atoms with Crippen molar-refractivity contribution >= 4 is 29.4 Å². The van der Waals surface area contributed by atoms with Crippen LogP contribution in [0.5, 0.6) is 11.5 Å². The first kappa shape index (κ1) is 26.8. The van der Waals surface area contributed by atoms with Gasteiger partial charge in [-0.1, -0.05) is 12.1 Å². The molecule has 3 aromatic rings. The molecule has 0 bridgehead atoms. The van der Waals surface area contributed by atoms with E-state index in [2.05, 4.69) is 15.8 Å². The van der Waals surface area contributed by atoms with Crippen LogP contribution in [-0.2, 0) is 16.2 Å². The van der Waals surface area contributed by atoms with Crippen LogP contribution >= 0.6 is 0 Å². The van der Waals surface area contributed by atoms with E-state index in [9.17, 15) is 24.1 Å². The summed E-state index contributed by atoms with van der Waals surface area (Å²) in [5, 5.41) is 17.0. The highest BCUT2D eigenvalue weighted by molar-refractivity contribution is 6.06. The Bertz CT molecular complexity index is 1300. The van der Waals surface area contributed by atoms with Crippen molar-refractivity contribution in [3.05, 3.63) is 93.8 Å². The monoisotopic (exact) mass is 508 g/mol. The van der Waals surface area contributed by atoms with Crippen LogP contribution in [0, 0.1) is 21.8 Å². The number of hydrazone groups is 1. The van der Waals surface area contributed by atoms with Gasteiger partial charge >= 0.3 is 0 Å². The molecule has 2 amide bonds. The lowest BCUT2D eigenvalue weighted by Crippen LogP contribution is -2.34. The number of carbonyl (C=O) groups excluding carboxylic acids is 2. The van der Waals surface area contributed by atoms with Crippen LogP contribution in [0.1, 0.15) is 25.0 Å². The van der Waals surface area contributed by atoms with Crippen molar-refractivity contribution in [1.29, 1.82) is 0 Å². The molecule has 0 spiro atoms. The van der Waals surface area contributed by atoms with E-state index in [1.807, 2.05) is 6.92 Å². The highest BCUT2D eigenvalue weighted by Crippen LogP contribution is 2.29. The molecule has 0 fully saturated rings. The van der Waals surface area contributed by atoms with E-state index in [0.29, 0.717) is 23.7 Å². The molecule has 1 unspecified atom stereocenters. The van der Waals surface area contributed by atoms with E-state index in [-0.39, 0.29) is 18.0 Å². The molecule has 0 aliphatic carbocycles. The average molecular weight is 509 g/mol. The normalized spacial score (nSPS) is 11.5. The Balaban J connectivity index is 1.58. The molecule has 3 aromatic carbocycles. The SMILES string of the molecule is CCOc1cc(C=NNC(=O)C(C)C(=O)Nc2ccccc2F)ccc1OCc1ccc([N+](=O)[O-])cc1. The Kier molecular flexibility index (Phi) is 9.25. The lowest BCUT2D eigenvalue weighted by atomic mass is 10.1. The molecule has 11 heteroatoms. The number of carbonyl (C=O) groups is 2. The largest absolute Gasteiger partial charge is 0.490 e. The topological polar surface area (TPSA) is 132 Å². The van der Waals surface area contributed by atoms with Crippen LogP contribution in [0.25, 0.3) is 0 Å². The van der Waals surface area contributed by atoms with Gasteiger partial charge in [-0.3, -0.25) is 19.7 Å². The van der Waals surface area contributed by atoms with Crippen molar-refractivity contribution in [2.75, 3.05) is 11.9 Å². The van der Waals surface area contributed by atoms with E-state index < -0.39 is 28.5 Å². The van der Waals surface area contributed by atoms with E-state index in [0.717, 1.165) is 5.56 Å². The minimum absolute atomic E-state index is 0.00500. The predicted molar refractivity (Wildman–Crippen MR) is 135 cm³/mol. The number of non-ortho nitro benzene ring substituents is 1. The highest BCUT2D eigenvalue weighted by atomic mass is 19.1. The van der Waals surface area contributed by atoms with Crippen molar-refractivity contribution in [1.82, 2.24) is 5.43 Å². The molecule has 1 atom stereocenters. The first-order valence-corrected chi connectivity index (χ1v) is 11.3. The summed E-state index contributed by atoms with van der Waals surface area (Å²) in [6.07, 6.45) is 1.38. The van der Waals surface area contributed by atoms with E-state index >= 15 is 0 Å². The zero-order valence-corrected chi connectivity index (χ0v) is 20.1. The molecular weight excluding hydrogens is 483 g/mol. The van der Waals surface area contributed by atoms with Crippen molar-refractivity contribution in [2.45, 2.75) is 20.5 Å². The standard InChI is InChI=1S/C26H25FN4O6/c1-3-36-24-14-19(10-13-23(24)37-16-18-8-11-20(12-9-18)31(34)35)15-28-30-26(33)17(2)25(32)29-22-7-5-4-6-21(22)27/h4-15,17H,3,16H2,1-2H3,(H,29,32)(H,30,33). The van der Waals surface area contributed by atoms with Crippen molar-refractivity contribution in [3.63, 3.8) is 0 Å². The number of ether oxygens (including phenoxy) is 2. The summed E-state index contributed by atoms with van der Waals surface area (Å²) >= 11 is 0. The van der Waals surface area contributed by atoms with Gasteiger partial charge < -0.3 is 14.8 Å². The average Bonchev–Trinajstić information content (AvgIpc) is 2.89. The summed E-state index contributed by atoms with van der Waals surface area (Å²) in [6, 6.07) is 16.7. The molecule has 0 aliphatic rings. The van der Waals surface area contributed by atoms with Crippen LogP contribution in [0.2, 0.25) is 0 Å². The number of nitro benzene ring substituents is 1. The number of hydrogen-bond donors (Lipinski definition) is 2. The fraction of sp³-hybridized carbons (Fsp3) is 0.192. The van der Waals surface area contributed by atoms with Crippen molar-refractivity contribution < 1.29 is 28.4 Å². The molecule has 0 saturated carbocycles. The number of halogens is 1. The summed E-state index contributed by atoms with van der Waals surface area (Å²) in [6.45, 7) is 3.74. The summed E-state index contributed by atoms with van der Waals surface area (Å²) < 4.78 is 25.2. The van der Waals surface area contributed by atoms with Crippen molar-refractivity contribution in [3.8, 4) is 11.5 Å². The van der Waals surface area contributed by atoms with Gasteiger partial charge in [0, 0.05) is 12.1 Å². The van der Waals surface area contributed by atoms with E-state index in [4.69, 9.17) is 9.47 Å². The number of nitrogens with zero attached hydrogens (tertiary/aromatic N) is 2. The predicted octanol–water partition coefficient (Wildman–Crippen LogP) is 4.44. The molecule has 192 valence electrons.